The van der Waals surface area contributed by atoms with E-state index in [1.807, 2.05) is 80.6 Å². The number of nitrogens with zero attached hydrogens (tertiary/aromatic N) is 1. The number of hydrogen-bond donors (Lipinski definition) is 2. The molecule has 0 aliphatic rings. The van der Waals surface area contributed by atoms with Crippen molar-refractivity contribution < 1.29 is 4.79 Å². The molecule has 0 radical (unpaired) electrons. The maximum Gasteiger partial charge on any atom is 0.259 e. The van der Waals surface area contributed by atoms with Crippen LogP contribution < -0.4 is 10.7 Å². The van der Waals surface area contributed by atoms with E-state index in [9.17, 15) is 4.79 Å². The molecule has 2 aromatic carbocycles. The fraction of sp³-hybridized carbons (Fsp3) is 0.158. The number of nitrogens with one attached hydrogen (secondary N) is 2. The molecule has 0 atom stereocenters. The fourth-order valence-electron chi connectivity index (χ4n) is 1.96. The zero-order chi connectivity index (χ0) is 16.5. The summed E-state index contributed by atoms with van der Waals surface area (Å²) in [5, 5.41) is 7.16. The second-order valence-corrected chi connectivity index (χ2v) is 5.20. The van der Waals surface area contributed by atoms with E-state index in [-0.39, 0.29) is 12.5 Å². The number of aryl methyl sites for hydroxylation is 1. The second-order valence-electron chi connectivity index (χ2n) is 5.20. The zero-order valence-corrected chi connectivity index (χ0v) is 13.4. The van der Waals surface area contributed by atoms with Crippen molar-refractivity contribution in [2.45, 2.75) is 13.8 Å². The Morgan fingerprint density at radius 3 is 2.52 bits per heavy atom. The van der Waals surface area contributed by atoms with Crippen LogP contribution in [0.1, 0.15) is 18.1 Å². The Bertz CT molecular complexity index is 706. The van der Waals surface area contributed by atoms with Gasteiger partial charge in [-0.05, 0) is 37.1 Å². The van der Waals surface area contributed by atoms with E-state index in [1.54, 1.807) is 0 Å². The first-order valence-electron chi connectivity index (χ1n) is 7.51. The largest absolute Gasteiger partial charge is 0.376 e. The summed E-state index contributed by atoms with van der Waals surface area (Å²) in [6.07, 6.45) is 3.82. The summed E-state index contributed by atoms with van der Waals surface area (Å²) in [5.41, 5.74) is 6.42. The molecule has 4 nitrogen and oxygen atoms in total. The number of carbonyl (C=O) groups excluding carboxylic acids is 1. The summed E-state index contributed by atoms with van der Waals surface area (Å²) in [4.78, 5) is 11.8. The van der Waals surface area contributed by atoms with Crippen LogP contribution in [0.5, 0.6) is 0 Å². The van der Waals surface area contributed by atoms with Crippen LogP contribution in [0.25, 0.3) is 6.08 Å². The summed E-state index contributed by atoms with van der Waals surface area (Å²) in [7, 11) is 0. The average molecular weight is 307 g/mol. The van der Waals surface area contributed by atoms with Crippen LogP contribution >= 0.6 is 0 Å². The van der Waals surface area contributed by atoms with Gasteiger partial charge in [0.1, 0.15) is 0 Å². The molecule has 0 saturated carbocycles. The molecule has 0 aliphatic carbocycles. The molecule has 2 rings (SSSR count). The Hall–Kier alpha value is -2.88. The van der Waals surface area contributed by atoms with Crippen molar-refractivity contribution in [3.63, 3.8) is 0 Å². The summed E-state index contributed by atoms with van der Waals surface area (Å²) < 4.78 is 0. The molecular formula is C19H21N3O. The summed E-state index contributed by atoms with van der Waals surface area (Å²) in [5.74, 6) is -0.180. The highest BCUT2D eigenvalue weighted by Crippen LogP contribution is 2.12. The molecule has 0 heterocycles. The Kier molecular flexibility index (Phi) is 6.12. The Balaban J connectivity index is 1.81. The van der Waals surface area contributed by atoms with Gasteiger partial charge in [-0.1, -0.05) is 54.6 Å². The van der Waals surface area contributed by atoms with E-state index in [1.165, 1.54) is 0 Å². The highest BCUT2D eigenvalue weighted by molar-refractivity contribution is 5.97. The fourth-order valence-corrected chi connectivity index (χ4v) is 1.96. The van der Waals surface area contributed by atoms with Crippen molar-refractivity contribution in [1.29, 1.82) is 0 Å². The van der Waals surface area contributed by atoms with Crippen LogP contribution in [0.15, 0.2) is 65.8 Å². The number of hydrazone groups is 1. The van der Waals surface area contributed by atoms with Crippen molar-refractivity contribution in [2.24, 2.45) is 5.10 Å². The first-order chi connectivity index (χ1) is 11.1. The monoisotopic (exact) mass is 307 g/mol. The zero-order valence-electron chi connectivity index (χ0n) is 13.4. The standard InChI is InChI=1S/C19H21N3O/c1-15-8-6-7-11-18(15)20-14-19(23)22-21-16(2)12-13-17-9-4-3-5-10-17/h3-13,20H,14H2,1-2H3,(H,22,23)/b13-12+,21-16-. The van der Waals surface area contributed by atoms with E-state index in [0.717, 1.165) is 22.5 Å². The molecule has 0 aliphatic heterocycles. The average Bonchev–Trinajstić information content (AvgIpc) is 2.58. The summed E-state index contributed by atoms with van der Waals surface area (Å²) >= 11 is 0. The van der Waals surface area contributed by atoms with Crippen molar-refractivity contribution in [2.75, 3.05) is 11.9 Å². The van der Waals surface area contributed by atoms with Gasteiger partial charge in [-0.2, -0.15) is 5.10 Å². The van der Waals surface area contributed by atoms with E-state index in [4.69, 9.17) is 0 Å². The minimum atomic E-state index is -0.180. The number of carbonyl (C=O) groups is 1. The van der Waals surface area contributed by atoms with Crippen LogP contribution in [-0.4, -0.2) is 18.2 Å². The van der Waals surface area contributed by atoms with Gasteiger partial charge in [0, 0.05) is 5.69 Å². The highest BCUT2D eigenvalue weighted by atomic mass is 16.2. The van der Waals surface area contributed by atoms with Crippen LogP contribution in [0.3, 0.4) is 0 Å². The van der Waals surface area contributed by atoms with Gasteiger partial charge in [0.05, 0.1) is 12.3 Å². The minimum absolute atomic E-state index is 0.180. The molecule has 0 spiro atoms. The molecule has 0 saturated heterocycles. The van der Waals surface area contributed by atoms with E-state index < -0.39 is 0 Å². The molecule has 4 heteroatoms. The van der Waals surface area contributed by atoms with Gasteiger partial charge in [0.15, 0.2) is 0 Å². The van der Waals surface area contributed by atoms with Crippen molar-refractivity contribution >= 4 is 23.4 Å². The number of anilines is 1. The summed E-state index contributed by atoms with van der Waals surface area (Å²) in [6, 6.07) is 17.8. The molecule has 0 unspecified atom stereocenters. The minimum Gasteiger partial charge on any atom is -0.376 e. The molecule has 1 amide bonds. The van der Waals surface area contributed by atoms with Crippen LogP contribution in [0, 0.1) is 6.92 Å². The molecule has 23 heavy (non-hydrogen) atoms. The maximum atomic E-state index is 11.8. The first kappa shape index (κ1) is 16.5. The van der Waals surface area contributed by atoms with Crippen molar-refractivity contribution in [3.8, 4) is 0 Å². The van der Waals surface area contributed by atoms with Gasteiger partial charge < -0.3 is 5.32 Å². The topological polar surface area (TPSA) is 53.5 Å². The maximum absolute atomic E-state index is 11.8. The van der Waals surface area contributed by atoms with Gasteiger partial charge in [0.25, 0.3) is 5.91 Å². The third kappa shape index (κ3) is 5.79. The lowest BCUT2D eigenvalue weighted by atomic mass is 10.2. The number of rotatable bonds is 6. The Labute approximate surface area is 136 Å². The first-order valence-corrected chi connectivity index (χ1v) is 7.51. The van der Waals surface area contributed by atoms with E-state index in [2.05, 4.69) is 15.8 Å². The number of hydrogen-bond acceptors (Lipinski definition) is 3. The normalized spacial score (nSPS) is 11.5. The molecule has 2 N–H and O–H groups in total. The van der Waals surface area contributed by atoms with Crippen LogP contribution in [0.4, 0.5) is 5.69 Å². The lowest BCUT2D eigenvalue weighted by molar-refractivity contribution is -0.119. The number of benzene rings is 2. The Morgan fingerprint density at radius 2 is 1.78 bits per heavy atom. The smallest absolute Gasteiger partial charge is 0.259 e. The van der Waals surface area contributed by atoms with Crippen molar-refractivity contribution in [1.82, 2.24) is 5.43 Å². The number of amides is 1. The quantitative estimate of drug-likeness (QED) is 0.632. The molecular weight excluding hydrogens is 286 g/mol. The van der Waals surface area contributed by atoms with Gasteiger partial charge in [0.2, 0.25) is 0 Å². The SMILES string of the molecule is CC(/C=C/c1ccccc1)=N/NC(=O)CNc1ccccc1C. The van der Waals surface area contributed by atoms with Gasteiger partial charge in [-0.3, -0.25) is 4.79 Å². The molecule has 2 aromatic rings. The predicted octanol–water partition coefficient (Wildman–Crippen LogP) is 3.61. The molecule has 0 aromatic heterocycles. The highest BCUT2D eigenvalue weighted by Gasteiger charge is 2.01. The van der Waals surface area contributed by atoms with E-state index in [0.29, 0.717) is 0 Å². The third-order valence-electron chi connectivity index (χ3n) is 3.26. The van der Waals surface area contributed by atoms with Crippen LogP contribution in [0.2, 0.25) is 0 Å². The number of allylic oxidation sites excluding steroid dienone is 1. The van der Waals surface area contributed by atoms with Gasteiger partial charge in [-0.25, -0.2) is 5.43 Å². The van der Waals surface area contributed by atoms with E-state index >= 15 is 0 Å². The molecule has 0 bridgehead atoms. The van der Waals surface area contributed by atoms with Crippen molar-refractivity contribution in [3.05, 3.63) is 71.8 Å². The summed E-state index contributed by atoms with van der Waals surface area (Å²) in [6.45, 7) is 4.02. The lowest BCUT2D eigenvalue weighted by Crippen LogP contribution is -2.26. The number of para-hydroxylation sites is 1. The van der Waals surface area contributed by atoms with Gasteiger partial charge >= 0.3 is 0 Å². The molecule has 0 fully saturated rings. The van der Waals surface area contributed by atoms with Gasteiger partial charge in [-0.15, -0.1) is 0 Å². The predicted molar refractivity (Wildman–Crippen MR) is 96.4 cm³/mol. The third-order valence-corrected chi connectivity index (χ3v) is 3.26. The second kappa shape index (κ2) is 8.54. The lowest BCUT2D eigenvalue weighted by Gasteiger charge is -2.08. The molecule has 118 valence electrons. The Morgan fingerprint density at radius 1 is 1.09 bits per heavy atom. The van der Waals surface area contributed by atoms with Crippen LogP contribution in [-0.2, 0) is 4.79 Å².